The number of carbonyl (C=O) groups is 1. The maximum absolute atomic E-state index is 10.8. The summed E-state index contributed by atoms with van der Waals surface area (Å²) in [7, 11) is 0. The summed E-state index contributed by atoms with van der Waals surface area (Å²) in [4.78, 5) is 10.8. The van der Waals surface area contributed by atoms with E-state index < -0.39 is 0 Å². The van der Waals surface area contributed by atoms with Gasteiger partial charge in [0.1, 0.15) is 12.4 Å². The molecule has 0 amide bonds. The lowest BCUT2D eigenvalue weighted by Gasteiger charge is -2.06. The molecule has 0 radical (unpaired) electrons. The standard InChI is InChI=1S/C19H18O2/c1-16(20)7-5-6-8-17-11-13-19(14-12-17)21-15-18-9-3-2-4-10-18/h2-14H,15H2,1H3. The van der Waals surface area contributed by atoms with Crippen LogP contribution < -0.4 is 4.74 Å². The first-order valence-corrected chi connectivity index (χ1v) is 6.86. The normalized spacial score (nSPS) is 11.1. The van der Waals surface area contributed by atoms with Crippen molar-refractivity contribution in [2.24, 2.45) is 0 Å². The molecule has 0 N–H and O–H groups in total. The Morgan fingerprint density at radius 2 is 1.71 bits per heavy atom. The van der Waals surface area contributed by atoms with Gasteiger partial charge in [0.05, 0.1) is 0 Å². The van der Waals surface area contributed by atoms with E-state index >= 15 is 0 Å². The molecular weight excluding hydrogens is 260 g/mol. The van der Waals surface area contributed by atoms with Gasteiger partial charge < -0.3 is 4.74 Å². The predicted octanol–water partition coefficient (Wildman–Crippen LogP) is 4.42. The highest BCUT2D eigenvalue weighted by Crippen LogP contribution is 2.15. The number of carbonyl (C=O) groups excluding carboxylic acids is 1. The van der Waals surface area contributed by atoms with E-state index in [0.717, 1.165) is 16.9 Å². The molecule has 0 unspecified atom stereocenters. The zero-order valence-corrected chi connectivity index (χ0v) is 12.0. The lowest BCUT2D eigenvalue weighted by atomic mass is 10.2. The number of hydrogen-bond donors (Lipinski definition) is 0. The van der Waals surface area contributed by atoms with Crippen molar-refractivity contribution in [1.82, 2.24) is 0 Å². The predicted molar refractivity (Wildman–Crippen MR) is 86.1 cm³/mol. The summed E-state index contributed by atoms with van der Waals surface area (Å²) in [6.07, 6.45) is 7.07. The lowest BCUT2D eigenvalue weighted by Crippen LogP contribution is -1.94. The van der Waals surface area contributed by atoms with Crippen molar-refractivity contribution in [3.8, 4) is 5.75 Å². The Kier molecular flexibility index (Phi) is 5.53. The molecule has 106 valence electrons. The Balaban J connectivity index is 1.88. The quantitative estimate of drug-likeness (QED) is 0.577. The Labute approximate surface area is 125 Å². The van der Waals surface area contributed by atoms with Crippen LogP contribution in [0, 0.1) is 0 Å². The zero-order chi connectivity index (χ0) is 14.9. The summed E-state index contributed by atoms with van der Waals surface area (Å²) < 4.78 is 5.72. The highest BCUT2D eigenvalue weighted by Gasteiger charge is 1.95. The fourth-order valence-electron chi connectivity index (χ4n) is 1.77. The number of ketones is 1. The molecular formula is C19H18O2. The SMILES string of the molecule is CC(=O)C=CC=Cc1ccc(OCc2ccccc2)cc1. The summed E-state index contributed by atoms with van der Waals surface area (Å²) in [5.74, 6) is 0.889. The molecule has 0 bridgehead atoms. The van der Waals surface area contributed by atoms with Gasteiger partial charge in [0.25, 0.3) is 0 Å². The minimum atomic E-state index is 0.0457. The summed E-state index contributed by atoms with van der Waals surface area (Å²) in [5.41, 5.74) is 2.21. The molecule has 0 aromatic heterocycles. The summed E-state index contributed by atoms with van der Waals surface area (Å²) in [6, 6.07) is 17.9. The molecule has 0 atom stereocenters. The van der Waals surface area contributed by atoms with E-state index in [0.29, 0.717) is 6.61 Å². The molecule has 0 heterocycles. The second-order valence-corrected chi connectivity index (χ2v) is 4.67. The van der Waals surface area contributed by atoms with Gasteiger partial charge in [0, 0.05) is 0 Å². The molecule has 2 aromatic rings. The molecule has 2 aromatic carbocycles. The number of rotatable bonds is 6. The first-order chi connectivity index (χ1) is 10.2. The van der Waals surface area contributed by atoms with Crippen LogP contribution in [0.3, 0.4) is 0 Å². The third-order valence-electron chi connectivity index (χ3n) is 2.86. The van der Waals surface area contributed by atoms with Crippen LogP contribution in [0.4, 0.5) is 0 Å². The van der Waals surface area contributed by atoms with Gasteiger partial charge in [-0.25, -0.2) is 0 Å². The minimum Gasteiger partial charge on any atom is -0.489 e. The van der Waals surface area contributed by atoms with Crippen molar-refractivity contribution < 1.29 is 9.53 Å². The highest BCUT2D eigenvalue weighted by molar-refractivity contribution is 5.87. The third-order valence-corrected chi connectivity index (χ3v) is 2.86. The molecule has 0 saturated heterocycles. The average Bonchev–Trinajstić information content (AvgIpc) is 2.51. The van der Waals surface area contributed by atoms with Gasteiger partial charge in [0.15, 0.2) is 5.78 Å². The van der Waals surface area contributed by atoms with Crippen LogP contribution in [0.2, 0.25) is 0 Å². The van der Waals surface area contributed by atoms with E-state index in [1.54, 1.807) is 6.08 Å². The fourth-order valence-corrected chi connectivity index (χ4v) is 1.77. The maximum Gasteiger partial charge on any atom is 0.152 e. The summed E-state index contributed by atoms with van der Waals surface area (Å²) in [6.45, 7) is 2.10. The number of benzene rings is 2. The summed E-state index contributed by atoms with van der Waals surface area (Å²) >= 11 is 0. The topological polar surface area (TPSA) is 26.3 Å². The minimum absolute atomic E-state index is 0.0457. The van der Waals surface area contributed by atoms with Gasteiger partial charge in [0.2, 0.25) is 0 Å². The highest BCUT2D eigenvalue weighted by atomic mass is 16.5. The molecule has 21 heavy (non-hydrogen) atoms. The lowest BCUT2D eigenvalue weighted by molar-refractivity contribution is -0.112. The van der Waals surface area contributed by atoms with Crippen LogP contribution in [0.15, 0.2) is 72.8 Å². The monoisotopic (exact) mass is 278 g/mol. The molecule has 2 heteroatoms. The number of hydrogen-bond acceptors (Lipinski definition) is 2. The zero-order valence-electron chi connectivity index (χ0n) is 12.0. The van der Waals surface area contributed by atoms with Gasteiger partial charge in [-0.1, -0.05) is 60.7 Å². The van der Waals surface area contributed by atoms with Crippen molar-refractivity contribution >= 4 is 11.9 Å². The van der Waals surface area contributed by atoms with Crippen molar-refractivity contribution in [2.75, 3.05) is 0 Å². The van der Waals surface area contributed by atoms with E-state index in [1.165, 1.54) is 13.0 Å². The molecule has 0 saturated carbocycles. The van der Waals surface area contributed by atoms with Crippen molar-refractivity contribution in [3.05, 3.63) is 84.0 Å². The Morgan fingerprint density at radius 1 is 1.00 bits per heavy atom. The maximum atomic E-state index is 10.8. The third kappa shape index (κ3) is 5.49. The molecule has 0 aliphatic carbocycles. The van der Waals surface area contributed by atoms with E-state index in [9.17, 15) is 4.79 Å². The number of allylic oxidation sites excluding steroid dienone is 3. The van der Waals surface area contributed by atoms with Gasteiger partial charge in [-0.2, -0.15) is 0 Å². The Morgan fingerprint density at radius 3 is 2.38 bits per heavy atom. The van der Waals surface area contributed by atoms with Gasteiger partial charge in [-0.15, -0.1) is 0 Å². The number of ether oxygens (including phenoxy) is 1. The van der Waals surface area contributed by atoms with Crippen LogP contribution in [-0.2, 0) is 11.4 Å². The Bertz CT molecular complexity index is 622. The van der Waals surface area contributed by atoms with Crippen molar-refractivity contribution in [3.63, 3.8) is 0 Å². The van der Waals surface area contributed by atoms with E-state index in [1.807, 2.05) is 66.7 Å². The summed E-state index contributed by atoms with van der Waals surface area (Å²) in [5, 5.41) is 0. The van der Waals surface area contributed by atoms with Crippen LogP contribution in [0.25, 0.3) is 6.08 Å². The van der Waals surface area contributed by atoms with Gasteiger partial charge in [-0.3, -0.25) is 4.79 Å². The van der Waals surface area contributed by atoms with Gasteiger partial charge >= 0.3 is 0 Å². The molecule has 2 nitrogen and oxygen atoms in total. The van der Waals surface area contributed by atoms with Crippen LogP contribution in [-0.4, -0.2) is 5.78 Å². The van der Waals surface area contributed by atoms with Crippen LogP contribution in [0.1, 0.15) is 18.1 Å². The molecule has 0 aliphatic rings. The van der Waals surface area contributed by atoms with Gasteiger partial charge in [-0.05, 0) is 36.3 Å². The molecule has 0 fully saturated rings. The van der Waals surface area contributed by atoms with Crippen molar-refractivity contribution in [2.45, 2.75) is 13.5 Å². The second-order valence-electron chi connectivity index (χ2n) is 4.67. The van der Waals surface area contributed by atoms with E-state index in [4.69, 9.17) is 4.74 Å². The van der Waals surface area contributed by atoms with Crippen molar-refractivity contribution in [1.29, 1.82) is 0 Å². The Hall–Kier alpha value is -2.61. The first kappa shape index (κ1) is 14.8. The van der Waals surface area contributed by atoms with E-state index in [2.05, 4.69) is 0 Å². The van der Waals surface area contributed by atoms with E-state index in [-0.39, 0.29) is 5.78 Å². The van der Waals surface area contributed by atoms with Crippen LogP contribution in [0.5, 0.6) is 5.75 Å². The van der Waals surface area contributed by atoms with Crippen LogP contribution >= 0.6 is 0 Å². The molecule has 0 spiro atoms. The smallest absolute Gasteiger partial charge is 0.152 e. The fraction of sp³-hybridized carbons (Fsp3) is 0.105. The second kappa shape index (κ2) is 7.85. The molecule has 2 rings (SSSR count). The average molecular weight is 278 g/mol. The largest absolute Gasteiger partial charge is 0.489 e. The first-order valence-electron chi connectivity index (χ1n) is 6.86. The molecule has 0 aliphatic heterocycles.